The number of nitrogen functional groups attached to an aromatic ring is 1. The average molecular weight is 323 g/mol. The predicted octanol–water partition coefficient (Wildman–Crippen LogP) is 4.00. The van der Waals surface area contributed by atoms with Crippen LogP contribution in [-0.4, -0.2) is 9.97 Å². The maximum atomic E-state index is 6.26. The lowest BCUT2D eigenvalue weighted by atomic mass is 10.1. The number of halogens is 2. The summed E-state index contributed by atoms with van der Waals surface area (Å²) in [4.78, 5) is 9.22. The van der Waals surface area contributed by atoms with Gasteiger partial charge in [-0.1, -0.05) is 35.7 Å². The van der Waals surface area contributed by atoms with E-state index in [0.717, 1.165) is 36.9 Å². The molecule has 3 N–H and O–H groups in total. The number of hydrogen-bond donors (Lipinski definition) is 2. The van der Waals surface area contributed by atoms with Gasteiger partial charge in [0.1, 0.15) is 5.82 Å². The second-order valence-corrected chi connectivity index (χ2v) is 5.94. The van der Waals surface area contributed by atoms with Crippen LogP contribution in [0.4, 0.5) is 5.82 Å². The molecule has 6 heteroatoms. The molecule has 0 amide bonds. The summed E-state index contributed by atoms with van der Waals surface area (Å²) in [5, 5.41) is 1.08. The molecule has 0 saturated carbocycles. The Morgan fingerprint density at radius 2 is 1.71 bits per heavy atom. The quantitative estimate of drug-likeness (QED) is 0.498. The summed E-state index contributed by atoms with van der Waals surface area (Å²) >= 11 is 12.5. The molecule has 0 unspecified atom stereocenters. The second kappa shape index (κ2) is 6.18. The van der Waals surface area contributed by atoms with Crippen molar-refractivity contribution in [2.75, 3.05) is 5.43 Å². The molecular formula is C15H16Cl2N4. The number of anilines is 1. The van der Waals surface area contributed by atoms with Gasteiger partial charge in [0.25, 0.3) is 0 Å². The van der Waals surface area contributed by atoms with Gasteiger partial charge < -0.3 is 5.43 Å². The van der Waals surface area contributed by atoms with Gasteiger partial charge >= 0.3 is 0 Å². The van der Waals surface area contributed by atoms with E-state index in [9.17, 15) is 0 Å². The zero-order chi connectivity index (χ0) is 14.8. The third kappa shape index (κ3) is 2.84. The highest BCUT2D eigenvalue weighted by molar-refractivity contribution is 6.38. The molecule has 1 aromatic carbocycles. The van der Waals surface area contributed by atoms with Crippen LogP contribution in [0.2, 0.25) is 10.0 Å². The average Bonchev–Trinajstić information content (AvgIpc) is 2.71. The monoisotopic (exact) mass is 322 g/mol. The van der Waals surface area contributed by atoms with Crippen LogP contribution in [0.5, 0.6) is 0 Å². The van der Waals surface area contributed by atoms with E-state index in [1.165, 1.54) is 6.42 Å². The highest BCUT2D eigenvalue weighted by Gasteiger charge is 2.19. The van der Waals surface area contributed by atoms with Gasteiger partial charge in [-0.3, -0.25) is 0 Å². The zero-order valence-corrected chi connectivity index (χ0v) is 13.0. The van der Waals surface area contributed by atoms with E-state index in [1.807, 2.05) is 0 Å². The molecule has 1 aliphatic rings. The lowest BCUT2D eigenvalue weighted by molar-refractivity contribution is 0.709. The number of nitrogens with one attached hydrogen (secondary N) is 1. The van der Waals surface area contributed by atoms with E-state index in [1.54, 1.807) is 18.2 Å². The summed E-state index contributed by atoms with van der Waals surface area (Å²) in [6, 6.07) is 5.38. The molecule has 4 nitrogen and oxygen atoms in total. The van der Waals surface area contributed by atoms with Crippen molar-refractivity contribution in [3.05, 3.63) is 39.5 Å². The van der Waals surface area contributed by atoms with Gasteiger partial charge in [-0.2, -0.15) is 0 Å². The van der Waals surface area contributed by atoms with Crippen molar-refractivity contribution < 1.29 is 0 Å². The Morgan fingerprint density at radius 3 is 2.43 bits per heavy atom. The predicted molar refractivity (Wildman–Crippen MR) is 86.6 cm³/mol. The minimum atomic E-state index is 0.527. The molecule has 110 valence electrons. The number of hydrazine groups is 1. The van der Waals surface area contributed by atoms with Crippen molar-refractivity contribution in [2.24, 2.45) is 5.84 Å². The number of aromatic nitrogens is 2. The molecule has 1 heterocycles. The summed E-state index contributed by atoms with van der Waals surface area (Å²) < 4.78 is 0. The minimum Gasteiger partial charge on any atom is -0.308 e. The van der Waals surface area contributed by atoms with E-state index in [2.05, 4.69) is 10.4 Å². The maximum absolute atomic E-state index is 6.26. The normalized spacial score (nSPS) is 14.4. The molecule has 0 atom stereocenters. The fraction of sp³-hybridized carbons (Fsp3) is 0.333. The number of hydrogen-bond acceptors (Lipinski definition) is 4. The molecule has 0 aliphatic heterocycles. The molecule has 21 heavy (non-hydrogen) atoms. The molecule has 2 aromatic rings. The first kappa shape index (κ1) is 14.6. The number of nitrogens with two attached hydrogens (primary N) is 1. The highest BCUT2D eigenvalue weighted by Crippen LogP contribution is 2.35. The number of fused-ring (bicyclic) bond motifs is 1. The maximum Gasteiger partial charge on any atom is 0.164 e. The van der Waals surface area contributed by atoms with Crippen LogP contribution in [0.3, 0.4) is 0 Å². The van der Waals surface area contributed by atoms with Crippen molar-refractivity contribution in [3.8, 4) is 11.4 Å². The summed E-state index contributed by atoms with van der Waals surface area (Å²) in [6.07, 6.45) is 5.34. The van der Waals surface area contributed by atoms with E-state index in [0.29, 0.717) is 27.3 Å². The first-order valence-electron chi connectivity index (χ1n) is 7.01. The van der Waals surface area contributed by atoms with E-state index in [-0.39, 0.29) is 0 Å². The van der Waals surface area contributed by atoms with Gasteiger partial charge in [0.15, 0.2) is 5.82 Å². The largest absolute Gasteiger partial charge is 0.308 e. The fourth-order valence-corrected chi connectivity index (χ4v) is 3.28. The molecule has 1 aliphatic carbocycles. The summed E-state index contributed by atoms with van der Waals surface area (Å²) in [6.45, 7) is 0. The van der Waals surface area contributed by atoms with E-state index in [4.69, 9.17) is 34.0 Å². The molecule has 0 fully saturated rings. The van der Waals surface area contributed by atoms with Crippen LogP contribution >= 0.6 is 23.2 Å². The summed E-state index contributed by atoms with van der Waals surface area (Å²) in [7, 11) is 0. The fourth-order valence-electron chi connectivity index (χ4n) is 2.71. The Hall–Kier alpha value is -1.36. The van der Waals surface area contributed by atoms with Gasteiger partial charge in [-0.25, -0.2) is 15.8 Å². The van der Waals surface area contributed by atoms with Gasteiger partial charge in [-0.15, -0.1) is 0 Å². The molecule has 0 bridgehead atoms. The second-order valence-electron chi connectivity index (χ2n) is 5.12. The van der Waals surface area contributed by atoms with E-state index < -0.39 is 0 Å². The Labute approximate surface area is 133 Å². The third-order valence-electron chi connectivity index (χ3n) is 3.76. The zero-order valence-electron chi connectivity index (χ0n) is 11.5. The van der Waals surface area contributed by atoms with Crippen molar-refractivity contribution in [1.82, 2.24) is 9.97 Å². The van der Waals surface area contributed by atoms with E-state index >= 15 is 0 Å². The van der Waals surface area contributed by atoms with Gasteiger partial charge in [0.05, 0.1) is 15.6 Å². The first-order chi connectivity index (χ1) is 10.2. The number of benzene rings is 1. The number of rotatable bonds is 2. The lowest BCUT2D eigenvalue weighted by Gasteiger charge is -2.14. The van der Waals surface area contributed by atoms with Crippen molar-refractivity contribution in [3.63, 3.8) is 0 Å². The Bertz CT molecular complexity index is 653. The molecule has 0 spiro atoms. The molecule has 0 radical (unpaired) electrons. The number of aryl methyl sites for hydroxylation is 1. The van der Waals surface area contributed by atoms with Crippen LogP contribution in [0.15, 0.2) is 18.2 Å². The van der Waals surface area contributed by atoms with Crippen molar-refractivity contribution in [1.29, 1.82) is 0 Å². The van der Waals surface area contributed by atoms with Gasteiger partial charge in [0, 0.05) is 11.3 Å². The minimum absolute atomic E-state index is 0.527. The van der Waals surface area contributed by atoms with Crippen LogP contribution in [-0.2, 0) is 12.8 Å². The summed E-state index contributed by atoms with van der Waals surface area (Å²) in [5.41, 5.74) is 5.51. The van der Waals surface area contributed by atoms with Gasteiger partial charge in [0.2, 0.25) is 0 Å². The van der Waals surface area contributed by atoms with Crippen LogP contribution in [0, 0.1) is 0 Å². The Morgan fingerprint density at radius 1 is 1.00 bits per heavy atom. The first-order valence-corrected chi connectivity index (χ1v) is 7.77. The molecular weight excluding hydrogens is 307 g/mol. The van der Waals surface area contributed by atoms with Crippen molar-refractivity contribution >= 4 is 29.0 Å². The standard InChI is InChI=1S/C15H16Cl2N4/c16-10-6-4-7-11(17)13(10)15-19-12-8-3-1-2-5-9(12)14(20-15)21-18/h4,6-7H,1-3,5,8,18H2,(H,19,20,21). The number of nitrogens with zero attached hydrogens (tertiary/aromatic N) is 2. The molecule has 3 rings (SSSR count). The lowest BCUT2D eigenvalue weighted by Crippen LogP contribution is -2.14. The highest BCUT2D eigenvalue weighted by atomic mass is 35.5. The SMILES string of the molecule is NNc1nc(-c2c(Cl)cccc2Cl)nc2c1CCCCC2. The Kier molecular flexibility index (Phi) is 4.29. The van der Waals surface area contributed by atoms with Crippen molar-refractivity contribution in [2.45, 2.75) is 32.1 Å². The molecule has 0 saturated heterocycles. The Balaban J connectivity index is 2.18. The topological polar surface area (TPSA) is 63.8 Å². The summed E-state index contributed by atoms with van der Waals surface area (Å²) in [5.74, 6) is 6.84. The van der Waals surface area contributed by atoms with Gasteiger partial charge in [-0.05, 0) is 37.8 Å². The smallest absolute Gasteiger partial charge is 0.164 e. The molecule has 1 aromatic heterocycles. The third-order valence-corrected chi connectivity index (χ3v) is 4.39. The van der Waals surface area contributed by atoms with Crippen LogP contribution in [0.1, 0.15) is 30.5 Å². The van der Waals surface area contributed by atoms with Crippen LogP contribution in [0.25, 0.3) is 11.4 Å². The van der Waals surface area contributed by atoms with Crippen LogP contribution < -0.4 is 11.3 Å².